The van der Waals surface area contributed by atoms with Crippen LogP contribution in [-0.4, -0.2) is 33.5 Å². The minimum atomic E-state index is -2.22. The highest BCUT2D eigenvalue weighted by atomic mass is 32.2. The van der Waals surface area contributed by atoms with Gasteiger partial charge in [-0.2, -0.15) is 0 Å². The Kier molecular flexibility index (Phi) is 3.94. The number of carbonyl (C=O) groups is 1. The van der Waals surface area contributed by atoms with E-state index in [1.807, 2.05) is 0 Å². The summed E-state index contributed by atoms with van der Waals surface area (Å²) >= 11 is 0. The summed E-state index contributed by atoms with van der Waals surface area (Å²) in [7, 11) is -2.22. The molecule has 2 rings (SSSR count). The van der Waals surface area contributed by atoms with Gasteiger partial charge in [-0.3, -0.25) is 9.00 Å². The maximum Gasteiger partial charge on any atom is 0.203 e. The molecule has 3 nitrogen and oxygen atoms in total. The first kappa shape index (κ1) is 14.1. The Bertz CT molecular complexity index is 615. The van der Waals surface area contributed by atoms with Crippen LogP contribution in [-0.2, 0) is 20.7 Å². The molecule has 0 aliphatic carbocycles. The molecule has 0 bridgehead atoms. The molecule has 0 radical (unpaired) electrons. The van der Waals surface area contributed by atoms with Crippen molar-refractivity contribution < 1.29 is 18.1 Å². The highest BCUT2D eigenvalue weighted by Crippen LogP contribution is 2.28. The van der Waals surface area contributed by atoms with Crippen molar-refractivity contribution in [3.8, 4) is 5.75 Å². The number of carbonyl (C=O) groups excluding carboxylic acids is 1. The Morgan fingerprint density at radius 2 is 2.32 bits per heavy atom. The average molecular weight is 284 g/mol. The van der Waals surface area contributed by atoms with Gasteiger partial charge in [-0.1, -0.05) is 6.92 Å². The molecule has 0 saturated heterocycles. The standard InChI is InChI=1S/C14H17FO3S/c1-3-19(2,17)9-12(16)14-6-4-10-8-11(15)5-7-13(10)18-14/h5,7-9,14H,3-4,6H2,1-2H3. The predicted molar refractivity (Wildman–Crippen MR) is 74.8 cm³/mol. The van der Waals surface area contributed by atoms with Gasteiger partial charge < -0.3 is 4.74 Å². The molecule has 1 heterocycles. The first-order valence-electron chi connectivity index (χ1n) is 6.22. The van der Waals surface area contributed by atoms with E-state index >= 15 is 0 Å². The molecular formula is C14H17FO3S. The van der Waals surface area contributed by atoms with Crippen molar-refractivity contribution in [1.29, 1.82) is 0 Å². The second-order valence-corrected chi connectivity index (χ2v) is 7.73. The summed E-state index contributed by atoms with van der Waals surface area (Å²) in [5, 5.41) is 1.28. The zero-order valence-corrected chi connectivity index (χ0v) is 11.8. The minimum Gasteiger partial charge on any atom is -0.482 e. The van der Waals surface area contributed by atoms with Gasteiger partial charge >= 0.3 is 0 Å². The third kappa shape index (κ3) is 3.35. The Hall–Kier alpha value is -1.36. The number of aryl methyl sites for hydroxylation is 1. The lowest BCUT2D eigenvalue weighted by atomic mass is 10.0. The third-order valence-electron chi connectivity index (χ3n) is 3.22. The summed E-state index contributed by atoms with van der Waals surface area (Å²) in [6, 6.07) is 4.27. The van der Waals surface area contributed by atoms with Crippen LogP contribution < -0.4 is 4.74 Å². The largest absolute Gasteiger partial charge is 0.482 e. The molecule has 2 atom stereocenters. The normalized spacial score (nSPS) is 20.9. The van der Waals surface area contributed by atoms with E-state index in [4.69, 9.17) is 4.74 Å². The topological polar surface area (TPSA) is 43.4 Å². The van der Waals surface area contributed by atoms with Gasteiger partial charge in [-0.15, -0.1) is 0 Å². The molecule has 0 N–H and O–H groups in total. The van der Waals surface area contributed by atoms with Crippen molar-refractivity contribution in [1.82, 2.24) is 0 Å². The van der Waals surface area contributed by atoms with Crippen molar-refractivity contribution in [2.24, 2.45) is 0 Å². The molecule has 2 unspecified atom stereocenters. The Morgan fingerprint density at radius 3 is 3.00 bits per heavy atom. The van der Waals surface area contributed by atoms with E-state index < -0.39 is 15.6 Å². The van der Waals surface area contributed by atoms with Crippen molar-refractivity contribution in [2.75, 3.05) is 12.0 Å². The molecule has 0 amide bonds. The van der Waals surface area contributed by atoms with Crippen LogP contribution >= 0.6 is 0 Å². The Labute approximate surface area is 112 Å². The first-order chi connectivity index (χ1) is 8.91. The van der Waals surface area contributed by atoms with Crippen LogP contribution in [0.2, 0.25) is 0 Å². The van der Waals surface area contributed by atoms with E-state index in [0.717, 1.165) is 5.56 Å². The molecule has 0 aromatic heterocycles. The molecule has 1 aromatic rings. The Balaban J connectivity index is 2.19. The number of hydrogen-bond acceptors (Lipinski definition) is 3. The highest BCUT2D eigenvalue weighted by molar-refractivity contribution is 8.01. The van der Waals surface area contributed by atoms with Crippen molar-refractivity contribution >= 4 is 20.7 Å². The average Bonchev–Trinajstić information content (AvgIpc) is 2.37. The minimum absolute atomic E-state index is 0.246. The summed E-state index contributed by atoms with van der Waals surface area (Å²) in [6.45, 7) is 1.78. The van der Waals surface area contributed by atoms with Crippen LogP contribution in [0.5, 0.6) is 5.75 Å². The van der Waals surface area contributed by atoms with Crippen LogP contribution in [0.25, 0.3) is 0 Å². The highest BCUT2D eigenvalue weighted by Gasteiger charge is 2.25. The molecule has 0 spiro atoms. The van der Waals surface area contributed by atoms with E-state index in [1.165, 1.54) is 23.6 Å². The smallest absolute Gasteiger partial charge is 0.203 e. The van der Waals surface area contributed by atoms with Gasteiger partial charge in [-0.05, 0) is 46.1 Å². The summed E-state index contributed by atoms with van der Waals surface area (Å²) in [5.74, 6) is 0.428. The number of halogens is 1. The van der Waals surface area contributed by atoms with Gasteiger partial charge in [0, 0.05) is 17.4 Å². The summed E-state index contributed by atoms with van der Waals surface area (Å²) < 4.78 is 30.5. The van der Waals surface area contributed by atoms with Gasteiger partial charge in [0.2, 0.25) is 5.78 Å². The van der Waals surface area contributed by atoms with Crippen molar-refractivity contribution in [3.63, 3.8) is 0 Å². The van der Waals surface area contributed by atoms with Gasteiger partial charge in [0.05, 0.1) is 0 Å². The lowest BCUT2D eigenvalue weighted by Gasteiger charge is -2.24. The van der Waals surface area contributed by atoms with Crippen LogP contribution in [0.3, 0.4) is 0 Å². The second-order valence-electron chi connectivity index (χ2n) is 4.78. The van der Waals surface area contributed by atoms with Crippen LogP contribution in [0, 0.1) is 5.82 Å². The monoisotopic (exact) mass is 284 g/mol. The number of ketones is 1. The predicted octanol–water partition coefficient (Wildman–Crippen LogP) is 1.82. The molecule has 19 heavy (non-hydrogen) atoms. The molecule has 1 aromatic carbocycles. The maximum atomic E-state index is 13.1. The van der Waals surface area contributed by atoms with E-state index in [9.17, 15) is 13.4 Å². The van der Waals surface area contributed by atoms with Gasteiger partial charge in [0.15, 0.2) is 6.10 Å². The second kappa shape index (κ2) is 5.33. The maximum absolute atomic E-state index is 13.1. The summed E-state index contributed by atoms with van der Waals surface area (Å²) in [4.78, 5) is 12.0. The molecule has 0 fully saturated rings. The zero-order valence-electron chi connectivity index (χ0n) is 11.0. The van der Waals surface area contributed by atoms with E-state index in [1.54, 1.807) is 13.2 Å². The SMILES string of the molecule is CCS(C)(=O)=CC(=O)C1CCc2cc(F)ccc2O1. The number of rotatable bonds is 3. The fourth-order valence-corrected chi connectivity index (χ4v) is 2.77. The summed E-state index contributed by atoms with van der Waals surface area (Å²) in [6.07, 6.45) is 2.04. The lowest BCUT2D eigenvalue weighted by Crippen LogP contribution is -2.33. The molecular weight excluding hydrogens is 267 g/mol. The number of Topliss-reactive ketones (excluding diaryl/α,β-unsaturated/α-hetero) is 1. The van der Waals surface area contributed by atoms with Crippen LogP contribution in [0.15, 0.2) is 18.2 Å². The van der Waals surface area contributed by atoms with E-state index in [2.05, 4.69) is 0 Å². The van der Waals surface area contributed by atoms with Crippen LogP contribution in [0.1, 0.15) is 18.9 Å². The van der Waals surface area contributed by atoms with Crippen molar-refractivity contribution in [3.05, 3.63) is 29.6 Å². The van der Waals surface area contributed by atoms with E-state index in [0.29, 0.717) is 24.3 Å². The number of fused-ring (bicyclic) bond motifs is 1. The number of hydrogen-bond donors (Lipinski definition) is 0. The first-order valence-corrected chi connectivity index (χ1v) is 8.42. The molecule has 1 aliphatic rings. The molecule has 104 valence electrons. The fourth-order valence-electron chi connectivity index (χ4n) is 1.96. The molecule has 0 saturated carbocycles. The molecule has 1 aliphatic heterocycles. The van der Waals surface area contributed by atoms with E-state index in [-0.39, 0.29) is 11.6 Å². The van der Waals surface area contributed by atoms with Crippen molar-refractivity contribution in [2.45, 2.75) is 25.9 Å². The zero-order chi connectivity index (χ0) is 14.0. The summed E-state index contributed by atoms with van der Waals surface area (Å²) in [5.41, 5.74) is 0.775. The van der Waals surface area contributed by atoms with Gasteiger partial charge in [-0.25, -0.2) is 4.39 Å². The number of benzene rings is 1. The third-order valence-corrected chi connectivity index (χ3v) is 5.10. The number of ether oxygens (including phenoxy) is 1. The fraction of sp³-hybridized carbons (Fsp3) is 0.429. The van der Waals surface area contributed by atoms with Gasteiger partial charge in [0.1, 0.15) is 11.6 Å². The van der Waals surface area contributed by atoms with Crippen LogP contribution in [0.4, 0.5) is 4.39 Å². The lowest BCUT2D eigenvalue weighted by molar-refractivity contribution is -0.119. The quantitative estimate of drug-likeness (QED) is 0.795. The Morgan fingerprint density at radius 1 is 1.58 bits per heavy atom. The van der Waals surface area contributed by atoms with Gasteiger partial charge in [0.25, 0.3) is 0 Å². The molecule has 5 heteroatoms.